The number of amides is 2. The summed E-state index contributed by atoms with van der Waals surface area (Å²) >= 11 is 5.96. The Bertz CT molecular complexity index is 902. The first-order valence-corrected chi connectivity index (χ1v) is 8.97. The molecule has 0 saturated heterocycles. The summed E-state index contributed by atoms with van der Waals surface area (Å²) in [6, 6.07) is 10.3. The number of nitrogens with one attached hydrogen (secondary N) is 2. The zero-order valence-corrected chi connectivity index (χ0v) is 16.9. The molecular formula is C20H21ClN2O6. The zero-order chi connectivity index (χ0) is 21.4. The largest absolute Gasteiger partial charge is 0.497 e. The van der Waals surface area contributed by atoms with Crippen LogP contribution in [0.25, 0.3) is 0 Å². The highest BCUT2D eigenvalue weighted by Crippen LogP contribution is 2.28. The molecule has 0 heterocycles. The Morgan fingerprint density at radius 3 is 2.45 bits per heavy atom. The number of benzene rings is 2. The van der Waals surface area contributed by atoms with E-state index in [2.05, 4.69) is 10.6 Å². The molecule has 2 amide bonds. The van der Waals surface area contributed by atoms with Gasteiger partial charge in [-0.1, -0.05) is 23.7 Å². The van der Waals surface area contributed by atoms with E-state index in [4.69, 9.17) is 25.8 Å². The molecule has 2 rings (SSSR count). The molecule has 0 aliphatic heterocycles. The number of halogens is 1. The average molecular weight is 421 g/mol. The van der Waals surface area contributed by atoms with Crippen LogP contribution >= 0.6 is 11.6 Å². The number of carbonyl (C=O) groups is 3. The average Bonchev–Trinajstić information content (AvgIpc) is 2.72. The molecule has 0 aliphatic rings. The lowest BCUT2D eigenvalue weighted by Crippen LogP contribution is -2.40. The number of anilines is 1. The molecule has 1 atom stereocenters. The van der Waals surface area contributed by atoms with E-state index in [1.165, 1.54) is 27.2 Å². The normalized spacial score (nSPS) is 11.2. The van der Waals surface area contributed by atoms with Gasteiger partial charge in [0.25, 0.3) is 11.8 Å². The van der Waals surface area contributed by atoms with Crippen molar-refractivity contribution in [3.63, 3.8) is 0 Å². The van der Waals surface area contributed by atoms with E-state index in [0.29, 0.717) is 17.2 Å². The van der Waals surface area contributed by atoms with Crippen molar-refractivity contribution in [3.05, 3.63) is 53.1 Å². The summed E-state index contributed by atoms with van der Waals surface area (Å²) < 4.78 is 15.2. The van der Waals surface area contributed by atoms with Gasteiger partial charge in [-0.2, -0.15) is 0 Å². The van der Waals surface area contributed by atoms with Crippen LogP contribution < -0.4 is 20.1 Å². The fraction of sp³-hybridized carbons (Fsp3) is 0.250. The molecule has 0 saturated carbocycles. The summed E-state index contributed by atoms with van der Waals surface area (Å²) in [4.78, 5) is 36.4. The Hall–Kier alpha value is -3.26. The summed E-state index contributed by atoms with van der Waals surface area (Å²) in [5.41, 5.74) is 0.602. The highest BCUT2D eigenvalue weighted by atomic mass is 35.5. The maximum absolute atomic E-state index is 12.2. The summed E-state index contributed by atoms with van der Waals surface area (Å²) in [5, 5.41) is 5.32. The molecule has 29 heavy (non-hydrogen) atoms. The lowest BCUT2D eigenvalue weighted by Gasteiger charge is -2.15. The molecule has 0 bridgehead atoms. The van der Waals surface area contributed by atoms with E-state index in [1.54, 1.807) is 36.4 Å². The van der Waals surface area contributed by atoms with Crippen LogP contribution in [-0.4, -0.2) is 44.7 Å². The van der Waals surface area contributed by atoms with E-state index in [1.807, 2.05) is 0 Å². The topological polar surface area (TPSA) is 103 Å². The minimum atomic E-state index is -0.974. The minimum Gasteiger partial charge on any atom is -0.497 e. The Morgan fingerprint density at radius 2 is 1.79 bits per heavy atom. The van der Waals surface area contributed by atoms with E-state index >= 15 is 0 Å². The number of hydrogen-bond donors (Lipinski definition) is 2. The third kappa shape index (κ3) is 6.11. The van der Waals surface area contributed by atoms with Gasteiger partial charge in [0.1, 0.15) is 17.5 Å². The minimum absolute atomic E-state index is 0.233. The van der Waals surface area contributed by atoms with Gasteiger partial charge in [0, 0.05) is 6.07 Å². The predicted molar refractivity (Wildman–Crippen MR) is 108 cm³/mol. The first-order chi connectivity index (χ1) is 13.8. The Morgan fingerprint density at radius 1 is 1.07 bits per heavy atom. The molecule has 0 radical (unpaired) electrons. The van der Waals surface area contributed by atoms with Crippen LogP contribution in [0.2, 0.25) is 5.02 Å². The van der Waals surface area contributed by atoms with Crippen molar-refractivity contribution in [2.75, 3.05) is 26.1 Å². The molecular weight excluding hydrogens is 400 g/mol. The van der Waals surface area contributed by atoms with Crippen molar-refractivity contribution in [2.45, 2.75) is 13.0 Å². The van der Waals surface area contributed by atoms with E-state index < -0.39 is 30.4 Å². The van der Waals surface area contributed by atoms with Crippen LogP contribution in [-0.2, 0) is 14.3 Å². The van der Waals surface area contributed by atoms with Gasteiger partial charge in [-0.25, -0.2) is 4.79 Å². The van der Waals surface area contributed by atoms with Crippen molar-refractivity contribution in [1.29, 1.82) is 0 Å². The van der Waals surface area contributed by atoms with E-state index in [9.17, 15) is 14.4 Å². The molecule has 0 unspecified atom stereocenters. The smallest absolute Gasteiger partial charge is 0.328 e. The fourth-order valence-electron chi connectivity index (χ4n) is 2.34. The van der Waals surface area contributed by atoms with Gasteiger partial charge in [0.2, 0.25) is 0 Å². The van der Waals surface area contributed by atoms with Crippen molar-refractivity contribution >= 4 is 35.1 Å². The summed E-state index contributed by atoms with van der Waals surface area (Å²) in [6.07, 6.45) is 0. The standard InChI is InChI=1S/C20H21ClN2O6/c1-12(22-19(25)14-6-4-5-7-15(14)21)20(26)29-11-18(24)23-16-10-13(27-2)8-9-17(16)28-3/h4-10,12H,11H2,1-3H3,(H,22,25)(H,23,24)/t12-/m0/s1. The van der Waals surface area contributed by atoms with Gasteiger partial charge in [-0.15, -0.1) is 0 Å². The predicted octanol–water partition coefficient (Wildman–Crippen LogP) is 2.66. The molecule has 0 spiro atoms. The molecule has 8 nitrogen and oxygen atoms in total. The lowest BCUT2D eigenvalue weighted by atomic mass is 10.2. The number of methoxy groups -OCH3 is 2. The summed E-state index contributed by atoms with van der Waals surface area (Å²) in [7, 11) is 2.95. The van der Waals surface area contributed by atoms with Crippen LogP contribution in [0.1, 0.15) is 17.3 Å². The number of ether oxygens (including phenoxy) is 3. The number of rotatable bonds is 8. The maximum Gasteiger partial charge on any atom is 0.328 e. The second kappa shape index (κ2) is 10.3. The second-order valence-electron chi connectivity index (χ2n) is 5.90. The van der Waals surface area contributed by atoms with Gasteiger partial charge in [0.15, 0.2) is 6.61 Å². The van der Waals surface area contributed by atoms with Gasteiger partial charge < -0.3 is 24.8 Å². The van der Waals surface area contributed by atoms with Gasteiger partial charge in [-0.05, 0) is 31.2 Å². The monoisotopic (exact) mass is 420 g/mol. The number of esters is 1. The van der Waals surface area contributed by atoms with Gasteiger partial charge in [0.05, 0.1) is 30.5 Å². The second-order valence-corrected chi connectivity index (χ2v) is 6.30. The van der Waals surface area contributed by atoms with Crippen molar-refractivity contribution in [2.24, 2.45) is 0 Å². The molecule has 9 heteroatoms. The fourth-order valence-corrected chi connectivity index (χ4v) is 2.56. The van der Waals surface area contributed by atoms with Crippen LogP contribution in [0.3, 0.4) is 0 Å². The van der Waals surface area contributed by atoms with Crippen molar-refractivity contribution < 1.29 is 28.6 Å². The Kier molecular flexibility index (Phi) is 7.85. The highest BCUT2D eigenvalue weighted by molar-refractivity contribution is 6.33. The lowest BCUT2D eigenvalue weighted by molar-refractivity contribution is -0.148. The molecule has 154 valence electrons. The molecule has 0 aliphatic carbocycles. The molecule has 2 N–H and O–H groups in total. The third-order valence-electron chi connectivity index (χ3n) is 3.85. The summed E-state index contributed by atoms with van der Waals surface area (Å²) in [5.74, 6) is -0.918. The first-order valence-electron chi connectivity index (χ1n) is 8.59. The molecule has 0 fully saturated rings. The van der Waals surface area contributed by atoms with E-state index in [-0.39, 0.29) is 10.6 Å². The SMILES string of the molecule is COc1ccc(OC)c(NC(=O)COC(=O)[C@H](C)NC(=O)c2ccccc2Cl)c1. The zero-order valence-electron chi connectivity index (χ0n) is 16.2. The third-order valence-corrected chi connectivity index (χ3v) is 4.18. The maximum atomic E-state index is 12.2. The van der Waals surface area contributed by atoms with Gasteiger partial charge in [-0.3, -0.25) is 9.59 Å². The first kappa shape index (κ1) is 22.0. The molecule has 2 aromatic rings. The Balaban J connectivity index is 1.89. The molecule has 0 aromatic heterocycles. The van der Waals surface area contributed by atoms with Crippen molar-refractivity contribution in [1.82, 2.24) is 5.32 Å². The van der Waals surface area contributed by atoms with Crippen LogP contribution in [0.5, 0.6) is 11.5 Å². The van der Waals surface area contributed by atoms with Crippen LogP contribution in [0, 0.1) is 0 Å². The number of carbonyl (C=O) groups excluding carboxylic acids is 3. The van der Waals surface area contributed by atoms with E-state index in [0.717, 1.165) is 0 Å². The Labute approximate surface area is 173 Å². The van der Waals surface area contributed by atoms with Crippen LogP contribution in [0.4, 0.5) is 5.69 Å². The molecule has 2 aromatic carbocycles. The highest BCUT2D eigenvalue weighted by Gasteiger charge is 2.20. The van der Waals surface area contributed by atoms with Gasteiger partial charge >= 0.3 is 5.97 Å². The quantitative estimate of drug-likeness (QED) is 0.636. The number of hydrogen-bond acceptors (Lipinski definition) is 6. The van der Waals surface area contributed by atoms with Crippen LogP contribution in [0.15, 0.2) is 42.5 Å². The summed E-state index contributed by atoms with van der Waals surface area (Å²) in [6.45, 7) is 0.908. The van der Waals surface area contributed by atoms with Crippen molar-refractivity contribution in [3.8, 4) is 11.5 Å².